The van der Waals surface area contributed by atoms with Crippen LogP contribution in [0.4, 0.5) is 18.9 Å². The minimum Gasteiger partial charge on any atom is -0.511 e. The van der Waals surface area contributed by atoms with Crippen LogP contribution < -0.4 is 5.32 Å². The van der Waals surface area contributed by atoms with Crippen LogP contribution in [0.15, 0.2) is 34.0 Å². The Morgan fingerprint density at radius 3 is 2.50 bits per heavy atom. The molecule has 0 aliphatic carbocycles. The Bertz CT molecular complexity index is 616. The molecule has 106 valence electrons. The van der Waals surface area contributed by atoms with E-state index in [1.54, 1.807) is 6.07 Å². The standard InChI is InChI=1S/C12H8BrF3N2OS/c1-6(19)8(5-17)11(20)18-10-3-2-7(13)4-9(10)12(14,15)16/h2-4,19H,1H3,(H,18,20). The second-order valence-electron chi connectivity index (χ2n) is 3.71. The van der Waals surface area contributed by atoms with E-state index in [1.807, 2.05) is 0 Å². The number of alkyl halides is 3. The molecule has 0 bridgehead atoms. The molecule has 0 saturated heterocycles. The Hall–Kier alpha value is -1.59. The molecule has 0 aromatic heterocycles. The van der Waals surface area contributed by atoms with E-state index < -0.39 is 11.7 Å². The number of aliphatic hydroxyl groups excluding tert-OH is 1. The van der Waals surface area contributed by atoms with Crippen molar-refractivity contribution in [1.29, 1.82) is 5.26 Å². The third kappa shape index (κ3) is 3.95. The van der Waals surface area contributed by atoms with E-state index in [9.17, 15) is 18.3 Å². The van der Waals surface area contributed by atoms with Gasteiger partial charge in [0.05, 0.1) is 11.3 Å². The molecule has 0 amide bonds. The SMILES string of the molecule is CC(O)=C(C#N)C(=S)Nc1ccc(Br)cc1C(F)(F)F. The summed E-state index contributed by atoms with van der Waals surface area (Å²) in [5, 5.41) is 20.4. The first kappa shape index (κ1) is 16.5. The van der Waals surface area contributed by atoms with Gasteiger partial charge < -0.3 is 10.4 Å². The van der Waals surface area contributed by atoms with Gasteiger partial charge in [-0.25, -0.2) is 0 Å². The molecule has 1 rings (SSSR count). The zero-order valence-electron chi connectivity index (χ0n) is 10.0. The molecule has 0 fully saturated rings. The lowest BCUT2D eigenvalue weighted by Gasteiger charge is -2.15. The zero-order valence-corrected chi connectivity index (χ0v) is 12.4. The summed E-state index contributed by atoms with van der Waals surface area (Å²) in [5.41, 5.74) is -1.50. The number of halogens is 4. The van der Waals surface area contributed by atoms with E-state index in [2.05, 4.69) is 21.2 Å². The Morgan fingerprint density at radius 1 is 1.45 bits per heavy atom. The van der Waals surface area contributed by atoms with Gasteiger partial charge in [-0.15, -0.1) is 0 Å². The summed E-state index contributed by atoms with van der Waals surface area (Å²) < 4.78 is 38.9. The van der Waals surface area contributed by atoms with E-state index in [0.717, 1.165) is 6.07 Å². The third-order valence-electron chi connectivity index (χ3n) is 2.24. The Kier molecular flexibility index (Phi) is 5.14. The van der Waals surface area contributed by atoms with Crippen LogP contribution in [0.25, 0.3) is 0 Å². The smallest absolute Gasteiger partial charge is 0.418 e. The summed E-state index contributed by atoms with van der Waals surface area (Å²) in [6.07, 6.45) is -4.58. The van der Waals surface area contributed by atoms with Crippen molar-refractivity contribution in [2.24, 2.45) is 0 Å². The van der Waals surface area contributed by atoms with Gasteiger partial charge in [0.1, 0.15) is 22.4 Å². The van der Waals surface area contributed by atoms with Crippen molar-refractivity contribution < 1.29 is 18.3 Å². The average Bonchev–Trinajstić information content (AvgIpc) is 2.30. The molecule has 0 radical (unpaired) electrons. The quantitative estimate of drug-likeness (QED) is 0.349. The van der Waals surface area contributed by atoms with Gasteiger partial charge in [0, 0.05) is 4.47 Å². The van der Waals surface area contributed by atoms with Crippen LogP contribution in [0.1, 0.15) is 12.5 Å². The van der Waals surface area contributed by atoms with Gasteiger partial charge in [-0.3, -0.25) is 0 Å². The normalized spacial score (nSPS) is 12.4. The summed E-state index contributed by atoms with van der Waals surface area (Å²) in [4.78, 5) is -0.277. The average molecular weight is 365 g/mol. The van der Waals surface area contributed by atoms with Gasteiger partial charge in [0.25, 0.3) is 0 Å². The number of hydrogen-bond acceptors (Lipinski definition) is 3. The lowest BCUT2D eigenvalue weighted by molar-refractivity contribution is -0.136. The van der Waals surface area contributed by atoms with Crippen LogP contribution in [-0.2, 0) is 6.18 Å². The summed E-state index contributed by atoms with van der Waals surface area (Å²) >= 11 is 7.78. The number of hydrogen-bond donors (Lipinski definition) is 2. The Morgan fingerprint density at radius 2 is 2.05 bits per heavy atom. The largest absolute Gasteiger partial charge is 0.511 e. The highest BCUT2D eigenvalue weighted by Crippen LogP contribution is 2.36. The first-order chi connectivity index (χ1) is 9.16. The van der Waals surface area contributed by atoms with Crippen LogP contribution in [0.5, 0.6) is 0 Å². The van der Waals surface area contributed by atoms with E-state index in [0.29, 0.717) is 0 Å². The molecule has 20 heavy (non-hydrogen) atoms. The molecule has 1 aromatic rings. The van der Waals surface area contributed by atoms with Crippen LogP contribution in [0.3, 0.4) is 0 Å². The summed E-state index contributed by atoms with van der Waals surface area (Å²) in [6.45, 7) is 1.22. The van der Waals surface area contributed by atoms with Gasteiger partial charge in [0.2, 0.25) is 0 Å². The lowest BCUT2D eigenvalue weighted by Crippen LogP contribution is -2.17. The van der Waals surface area contributed by atoms with E-state index >= 15 is 0 Å². The third-order valence-corrected chi connectivity index (χ3v) is 3.04. The van der Waals surface area contributed by atoms with Gasteiger partial charge in [-0.05, 0) is 25.1 Å². The van der Waals surface area contributed by atoms with Crippen LogP contribution in [-0.4, -0.2) is 10.1 Å². The van der Waals surface area contributed by atoms with Crippen LogP contribution in [0, 0.1) is 11.3 Å². The second-order valence-corrected chi connectivity index (χ2v) is 5.04. The number of nitriles is 1. The zero-order chi connectivity index (χ0) is 15.5. The van der Waals surface area contributed by atoms with Crippen molar-refractivity contribution in [3.63, 3.8) is 0 Å². The summed E-state index contributed by atoms with van der Waals surface area (Å²) in [7, 11) is 0. The molecule has 0 aliphatic heterocycles. The second kappa shape index (κ2) is 6.24. The minimum absolute atomic E-state index is 0.260. The predicted octanol–water partition coefficient (Wildman–Crippen LogP) is 4.56. The molecule has 3 nitrogen and oxygen atoms in total. The highest BCUT2D eigenvalue weighted by Gasteiger charge is 2.34. The molecule has 0 spiro atoms. The van der Waals surface area contributed by atoms with Gasteiger partial charge >= 0.3 is 6.18 Å². The van der Waals surface area contributed by atoms with Gasteiger partial charge in [-0.1, -0.05) is 28.1 Å². The number of nitrogens with one attached hydrogen (secondary N) is 1. The molecule has 1 aromatic carbocycles. The maximum atomic E-state index is 12.9. The van der Waals surface area contributed by atoms with Crippen molar-refractivity contribution in [3.8, 4) is 6.07 Å². The maximum absolute atomic E-state index is 12.9. The molecule has 2 N–H and O–H groups in total. The van der Waals surface area contributed by atoms with Crippen LogP contribution in [0.2, 0.25) is 0 Å². The van der Waals surface area contributed by atoms with E-state index in [1.165, 1.54) is 19.1 Å². The number of thiocarbonyl (C=S) groups is 1. The fourth-order valence-electron chi connectivity index (χ4n) is 1.34. The summed E-state index contributed by atoms with van der Waals surface area (Å²) in [6, 6.07) is 5.11. The highest BCUT2D eigenvalue weighted by atomic mass is 79.9. The predicted molar refractivity (Wildman–Crippen MR) is 76.3 cm³/mol. The number of nitrogens with zero attached hydrogens (tertiary/aromatic N) is 1. The number of rotatable bonds is 2. The number of benzene rings is 1. The fraction of sp³-hybridized carbons (Fsp3) is 0.167. The fourth-order valence-corrected chi connectivity index (χ4v) is 2.01. The monoisotopic (exact) mass is 364 g/mol. The number of aliphatic hydroxyl groups is 1. The van der Waals surface area contributed by atoms with Crippen molar-refractivity contribution in [1.82, 2.24) is 0 Å². The molecule has 0 atom stereocenters. The molecule has 0 heterocycles. The maximum Gasteiger partial charge on any atom is 0.418 e. The van der Waals surface area contributed by atoms with Crippen molar-refractivity contribution >= 4 is 38.8 Å². The first-order valence-corrected chi connectivity index (χ1v) is 6.35. The topological polar surface area (TPSA) is 56.0 Å². The Balaban J connectivity index is 3.21. The molecule has 0 unspecified atom stereocenters. The van der Waals surface area contributed by atoms with E-state index in [-0.39, 0.29) is 26.5 Å². The molecular weight excluding hydrogens is 357 g/mol. The van der Waals surface area contributed by atoms with Crippen molar-refractivity contribution in [3.05, 3.63) is 39.6 Å². The Labute approximate surface area is 126 Å². The number of allylic oxidation sites excluding steroid dienone is 1. The van der Waals surface area contributed by atoms with Gasteiger partial charge in [-0.2, -0.15) is 18.4 Å². The number of anilines is 1. The molecule has 0 aliphatic rings. The van der Waals surface area contributed by atoms with Crippen molar-refractivity contribution in [2.45, 2.75) is 13.1 Å². The summed E-state index contributed by atoms with van der Waals surface area (Å²) in [5.74, 6) is -0.365. The lowest BCUT2D eigenvalue weighted by atomic mass is 10.1. The van der Waals surface area contributed by atoms with Gasteiger partial charge in [0.15, 0.2) is 0 Å². The highest BCUT2D eigenvalue weighted by molar-refractivity contribution is 9.10. The van der Waals surface area contributed by atoms with Crippen molar-refractivity contribution in [2.75, 3.05) is 5.32 Å². The minimum atomic E-state index is -4.58. The molecule has 8 heteroatoms. The molecular formula is C12H8BrF3N2OS. The first-order valence-electron chi connectivity index (χ1n) is 5.15. The van der Waals surface area contributed by atoms with E-state index in [4.69, 9.17) is 17.5 Å². The van der Waals surface area contributed by atoms with Crippen LogP contribution >= 0.6 is 28.1 Å². The molecule has 0 saturated carbocycles.